The molecule has 3 rings (SSSR count). The number of hydrogen-bond donors (Lipinski definition) is 4. The predicted molar refractivity (Wildman–Crippen MR) is 133 cm³/mol. The van der Waals surface area contributed by atoms with Crippen LogP contribution in [0.15, 0.2) is 54.6 Å². The number of rotatable bonds is 12. The fourth-order valence-corrected chi connectivity index (χ4v) is 4.07. The highest BCUT2D eigenvalue weighted by atomic mass is 16.4. The third kappa shape index (κ3) is 7.20. The van der Waals surface area contributed by atoms with Gasteiger partial charge >= 0.3 is 5.97 Å². The zero-order chi connectivity index (χ0) is 24.5. The van der Waals surface area contributed by atoms with Crippen molar-refractivity contribution in [2.24, 2.45) is 5.92 Å². The highest BCUT2D eigenvalue weighted by Crippen LogP contribution is 2.26. The van der Waals surface area contributed by atoms with Gasteiger partial charge in [-0.15, -0.1) is 0 Å². The summed E-state index contributed by atoms with van der Waals surface area (Å²) in [6.45, 7) is 4.71. The maximum absolute atomic E-state index is 13.2. The molecule has 0 radical (unpaired) electrons. The second kappa shape index (κ2) is 12.0. The molecule has 0 unspecified atom stereocenters. The average molecular weight is 464 g/mol. The normalized spacial score (nSPS) is 12.0. The molecule has 3 aromatic rings. The molecule has 0 fully saturated rings. The Bertz CT molecular complexity index is 1120. The number of carboxylic acid groups (broad SMARTS) is 1. The number of hydrogen-bond acceptors (Lipinski definition) is 3. The van der Waals surface area contributed by atoms with Crippen molar-refractivity contribution in [2.45, 2.75) is 52.0 Å². The maximum atomic E-state index is 13.2. The standard InChI is InChI=1S/C27H33N3O4/c1-18(2)16-23-21(20-10-6-7-11-22(20)29-23)17-24(30-25(31)12-13-26(32)33)27(34)28-15-14-19-8-4-3-5-9-19/h3-11,18,24,29H,12-17H2,1-2H3,(H,28,34)(H,30,31)(H,32,33)/t24-/m0/s1. The van der Waals surface area contributed by atoms with Crippen LogP contribution in [0.3, 0.4) is 0 Å². The van der Waals surface area contributed by atoms with Gasteiger partial charge in [-0.1, -0.05) is 62.4 Å². The van der Waals surface area contributed by atoms with Gasteiger partial charge in [0.15, 0.2) is 0 Å². The summed E-state index contributed by atoms with van der Waals surface area (Å²) in [7, 11) is 0. The molecule has 2 amide bonds. The van der Waals surface area contributed by atoms with E-state index in [1.165, 1.54) is 0 Å². The molecule has 7 nitrogen and oxygen atoms in total. The Morgan fingerprint density at radius 1 is 0.941 bits per heavy atom. The van der Waals surface area contributed by atoms with Crippen molar-refractivity contribution in [2.75, 3.05) is 6.54 Å². The molecule has 0 spiro atoms. The number of H-pyrrole nitrogens is 1. The number of aromatic nitrogens is 1. The minimum atomic E-state index is -1.05. The molecular weight excluding hydrogens is 430 g/mol. The molecule has 0 aliphatic rings. The van der Waals surface area contributed by atoms with Crippen molar-refractivity contribution in [3.05, 3.63) is 71.4 Å². The van der Waals surface area contributed by atoms with Gasteiger partial charge in [0.1, 0.15) is 6.04 Å². The van der Waals surface area contributed by atoms with Gasteiger partial charge in [-0.3, -0.25) is 14.4 Å². The van der Waals surface area contributed by atoms with E-state index in [0.29, 0.717) is 25.3 Å². The monoisotopic (exact) mass is 463 g/mol. The van der Waals surface area contributed by atoms with E-state index in [1.807, 2.05) is 54.6 Å². The van der Waals surface area contributed by atoms with Crippen LogP contribution in [-0.4, -0.2) is 40.5 Å². The number of carbonyl (C=O) groups is 3. The van der Waals surface area contributed by atoms with Crippen molar-refractivity contribution in [1.29, 1.82) is 0 Å². The zero-order valence-corrected chi connectivity index (χ0v) is 19.8. The summed E-state index contributed by atoms with van der Waals surface area (Å²) in [5.41, 5.74) is 4.17. The van der Waals surface area contributed by atoms with Crippen molar-refractivity contribution in [1.82, 2.24) is 15.6 Å². The zero-order valence-electron chi connectivity index (χ0n) is 19.8. The van der Waals surface area contributed by atoms with Gasteiger partial charge in [0.25, 0.3) is 0 Å². The molecule has 7 heteroatoms. The number of para-hydroxylation sites is 1. The Hall–Kier alpha value is -3.61. The Morgan fingerprint density at radius 2 is 1.65 bits per heavy atom. The number of carbonyl (C=O) groups excluding carboxylic acids is 2. The van der Waals surface area contributed by atoms with E-state index in [1.54, 1.807) is 0 Å². The number of nitrogens with one attached hydrogen (secondary N) is 3. The molecule has 4 N–H and O–H groups in total. The molecule has 0 aliphatic carbocycles. The minimum absolute atomic E-state index is 0.171. The molecule has 180 valence electrons. The van der Waals surface area contributed by atoms with E-state index < -0.39 is 17.9 Å². The van der Waals surface area contributed by atoms with Crippen LogP contribution in [-0.2, 0) is 33.6 Å². The smallest absolute Gasteiger partial charge is 0.303 e. The fraction of sp³-hybridized carbons (Fsp3) is 0.370. The molecule has 0 aliphatic heterocycles. The first-order valence-corrected chi connectivity index (χ1v) is 11.7. The van der Waals surface area contributed by atoms with Crippen molar-refractivity contribution < 1.29 is 19.5 Å². The summed E-state index contributed by atoms with van der Waals surface area (Å²) < 4.78 is 0. The van der Waals surface area contributed by atoms with Gasteiger partial charge in [0.2, 0.25) is 11.8 Å². The van der Waals surface area contributed by atoms with E-state index >= 15 is 0 Å². The highest BCUT2D eigenvalue weighted by molar-refractivity contribution is 5.90. The van der Waals surface area contributed by atoms with Gasteiger partial charge in [0, 0.05) is 36.0 Å². The number of benzene rings is 2. The number of aliphatic carboxylic acids is 1. The summed E-state index contributed by atoms with van der Waals surface area (Å²) in [4.78, 5) is 40.0. The molecule has 1 aromatic heterocycles. The molecule has 1 atom stereocenters. The van der Waals surface area contributed by atoms with E-state index in [9.17, 15) is 14.4 Å². The fourth-order valence-electron chi connectivity index (χ4n) is 4.07. The maximum Gasteiger partial charge on any atom is 0.303 e. The van der Waals surface area contributed by atoms with Crippen molar-refractivity contribution in [3.63, 3.8) is 0 Å². The van der Waals surface area contributed by atoms with Gasteiger partial charge in [-0.25, -0.2) is 0 Å². The minimum Gasteiger partial charge on any atom is -0.481 e. The van der Waals surface area contributed by atoms with Crippen LogP contribution >= 0.6 is 0 Å². The molecule has 34 heavy (non-hydrogen) atoms. The first-order chi connectivity index (χ1) is 16.3. The number of fused-ring (bicyclic) bond motifs is 1. The Balaban J connectivity index is 1.79. The first kappa shape index (κ1) is 25.0. The van der Waals surface area contributed by atoms with Crippen LogP contribution in [0.1, 0.15) is 43.5 Å². The van der Waals surface area contributed by atoms with Gasteiger partial charge in [-0.05, 0) is 36.0 Å². The summed E-state index contributed by atoms with van der Waals surface area (Å²) in [5, 5.41) is 15.7. The summed E-state index contributed by atoms with van der Waals surface area (Å²) in [6, 6.07) is 17.0. The predicted octanol–water partition coefficient (Wildman–Crippen LogP) is 3.62. The lowest BCUT2D eigenvalue weighted by Gasteiger charge is -2.20. The molecule has 0 saturated carbocycles. The van der Waals surface area contributed by atoms with Crippen molar-refractivity contribution >= 4 is 28.7 Å². The van der Waals surface area contributed by atoms with E-state index in [-0.39, 0.29) is 18.7 Å². The molecule has 2 aromatic carbocycles. The second-order valence-electron chi connectivity index (χ2n) is 8.97. The number of amides is 2. The molecule has 1 heterocycles. The Kier molecular flexibility index (Phi) is 8.85. The highest BCUT2D eigenvalue weighted by Gasteiger charge is 2.25. The largest absolute Gasteiger partial charge is 0.481 e. The van der Waals surface area contributed by atoms with E-state index in [4.69, 9.17) is 5.11 Å². The van der Waals surface area contributed by atoms with Crippen molar-refractivity contribution in [3.8, 4) is 0 Å². The lowest BCUT2D eigenvalue weighted by atomic mass is 9.97. The van der Waals surface area contributed by atoms with Crippen LogP contribution < -0.4 is 10.6 Å². The second-order valence-corrected chi connectivity index (χ2v) is 8.97. The van der Waals surface area contributed by atoms with Crippen LogP contribution in [0.25, 0.3) is 10.9 Å². The Morgan fingerprint density at radius 3 is 2.35 bits per heavy atom. The van der Waals surface area contributed by atoms with Crippen LogP contribution in [0, 0.1) is 5.92 Å². The van der Waals surface area contributed by atoms with Gasteiger partial charge < -0.3 is 20.7 Å². The number of aromatic amines is 1. The SMILES string of the molecule is CC(C)Cc1[nH]c2ccccc2c1C[C@H](NC(=O)CCC(=O)O)C(=O)NCCc1ccccc1. The number of carboxylic acids is 1. The average Bonchev–Trinajstić information content (AvgIpc) is 3.14. The van der Waals surface area contributed by atoms with Gasteiger partial charge in [0.05, 0.1) is 6.42 Å². The third-order valence-electron chi connectivity index (χ3n) is 5.70. The topological polar surface area (TPSA) is 111 Å². The van der Waals surface area contributed by atoms with Crippen LogP contribution in [0.5, 0.6) is 0 Å². The summed E-state index contributed by atoms with van der Waals surface area (Å²) in [6.07, 6.45) is 1.37. The molecular formula is C27H33N3O4. The lowest BCUT2D eigenvalue weighted by molar-refractivity contribution is -0.139. The third-order valence-corrected chi connectivity index (χ3v) is 5.70. The van der Waals surface area contributed by atoms with E-state index in [2.05, 4.69) is 29.5 Å². The van der Waals surface area contributed by atoms with Crippen LogP contribution in [0.2, 0.25) is 0 Å². The Labute approximate surface area is 200 Å². The molecule has 0 bridgehead atoms. The van der Waals surface area contributed by atoms with Gasteiger partial charge in [-0.2, -0.15) is 0 Å². The van der Waals surface area contributed by atoms with Crippen LogP contribution in [0.4, 0.5) is 0 Å². The summed E-state index contributed by atoms with van der Waals surface area (Å²) in [5.74, 6) is -1.36. The first-order valence-electron chi connectivity index (χ1n) is 11.7. The quantitative estimate of drug-likeness (QED) is 0.329. The summed E-state index contributed by atoms with van der Waals surface area (Å²) >= 11 is 0. The van der Waals surface area contributed by atoms with E-state index in [0.717, 1.165) is 34.1 Å². The molecule has 0 saturated heterocycles. The lowest BCUT2D eigenvalue weighted by Crippen LogP contribution is -2.48.